The Labute approximate surface area is 294 Å². The summed E-state index contributed by atoms with van der Waals surface area (Å²) in [5.74, 6) is 1.82. The second-order valence-corrected chi connectivity index (χ2v) is 17.3. The second kappa shape index (κ2) is 20.6. The van der Waals surface area contributed by atoms with Gasteiger partial charge in [0, 0.05) is 0 Å². The van der Waals surface area contributed by atoms with E-state index in [1.807, 2.05) is 0 Å². The van der Waals surface area contributed by atoms with Gasteiger partial charge >= 0.3 is 205 Å². The predicted molar refractivity (Wildman–Crippen MR) is 203 cm³/mol. The molecule has 3 aromatic heterocycles. The summed E-state index contributed by atoms with van der Waals surface area (Å²) in [7, 11) is 0. The molecule has 0 N–H and O–H groups in total. The quantitative estimate of drug-likeness (QED) is 0.0417. The van der Waals surface area contributed by atoms with Crippen molar-refractivity contribution in [3.05, 3.63) is 36.0 Å². The van der Waals surface area contributed by atoms with Crippen LogP contribution in [0.15, 0.2) is 33.1 Å². The molecular weight excluding hydrogens is 692 g/mol. The molecular formula is C42H62N2O2Te. The normalized spacial score (nSPS) is 12.1. The van der Waals surface area contributed by atoms with E-state index in [0.717, 1.165) is 46.8 Å². The number of aromatic nitrogens is 2. The maximum atomic E-state index is 6.24. The van der Waals surface area contributed by atoms with Crippen molar-refractivity contribution < 1.29 is 8.83 Å². The van der Waals surface area contributed by atoms with Gasteiger partial charge in [0.2, 0.25) is 0 Å². The molecule has 0 unspecified atom stereocenters. The van der Waals surface area contributed by atoms with Crippen molar-refractivity contribution in [1.82, 2.24) is 9.97 Å². The van der Waals surface area contributed by atoms with Crippen molar-refractivity contribution in [2.24, 2.45) is 0 Å². The third kappa shape index (κ3) is 11.6. The summed E-state index contributed by atoms with van der Waals surface area (Å²) in [6, 6.07) is 9.10. The molecule has 5 aromatic rings. The van der Waals surface area contributed by atoms with Gasteiger partial charge in [0.15, 0.2) is 0 Å². The van der Waals surface area contributed by atoms with E-state index in [1.54, 1.807) is 0 Å². The van der Waals surface area contributed by atoms with E-state index in [-0.39, 0.29) is 0 Å². The van der Waals surface area contributed by atoms with Crippen LogP contribution >= 0.6 is 0 Å². The van der Waals surface area contributed by atoms with Gasteiger partial charge in [-0.25, -0.2) is 0 Å². The van der Waals surface area contributed by atoms with Gasteiger partial charge in [0.25, 0.3) is 0 Å². The molecule has 3 heterocycles. The first-order chi connectivity index (χ1) is 23.2. The van der Waals surface area contributed by atoms with Crippen LogP contribution in [0.25, 0.3) is 39.8 Å². The molecule has 0 spiro atoms. The number of hydrogen-bond donors (Lipinski definition) is 0. The van der Waals surface area contributed by atoms with Gasteiger partial charge < -0.3 is 0 Å². The van der Waals surface area contributed by atoms with Gasteiger partial charge in [-0.1, -0.05) is 90.9 Å². The Balaban J connectivity index is 1.03. The molecule has 0 bridgehead atoms. The summed E-state index contributed by atoms with van der Waals surface area (Å²) < 4.78 is 15.4. The van der Waals surface area contributed by atoms with Gasteiger partial charge in [0.05, 0.1) is 0 Å². The molecule has 0 amide bonds. The van der Waals surface area contributed by atoms with Crippen molar-refractivity contribution in [2.75, 3.05) is 0 Å². The fourth-order valence-electron chi connectivity index (χ4n) is 7.16. The predicted octanol–water partition coefficient (Wildman–Crippen LogP) is 13.8. The van der Waals surface area contributed by atoms with Crippen molar-refractivity contribution in [2.45, 2.75) is 181 Å². The Kier molecular flexibility index (Phi) is 16.0. The number of hydrogen-bond acceptors (Lipinski definition) is 4. The third-order valence-electron chi connectivity index (χ3n) is 10.1. The average Bonchev–Trinajstić information content (AvgIpc) is 3.77. The average molecular weight is 755 g/mol. The summed E-state index contributed by atoms with van der Waals surface area (Å²) in [4.78, 5) is 9.83. The summed E-state index contributed by atoms with van der Waals surface area (Å²) >= 11 is -0.474. The molecule has 5 rings (SSSR count). The molecule has 258 valence electrons. The van der Waals surface area contributed by atoms with E-state index in [0.29, 0.717) is 0 Å². The van der Waals surface area contributed by atoms with E-state index in [2.05, 4.69) is 38.1 Å². The van der Waals surface area contributed by atoms with E-state index in [1.165, 1.54) is 172 Å². The van der Waals surface area contributed by atoms with Gasteiger partial charge in [-0.05, 0) is 0 Å². The molecule has 5 heteroatoms. The van der Waals surface area contributed by atoms with Gasteiger partial charge in [-0.3, -0.25) is 0 Å². The first-order valence-corrected chi connectivity index (χ1v) is 22.1. The number of benzene rings is 2. The number of rotatable bonds is 26. The van der Waals surface area contributed by atoms with Crippen LogP contribution in [0.5, 0.6) is 0 Å². The zero-order valence-electron chi connectivity index (χ0n) is 29.8. The molecule has 0 saturated carbocycles. The number of aryl methyl sites for hydroxylation is 2. The topological polar surface area (TPSA) is 52.1 Å². The maximum absolute atomic E-state index is 6.24. The van der Waals surface area contributed by atoms with E-state index in [4.69, 9.17) is 18.8 Å². The van der Waals surface area contributed by atoms with Crippen LogP contribution in [0.4, 0.5) is 0 Å². The summed E-state index contributed by atoms with van der Waals surface area (Å²) in [5, 5.41) is 2.68. The fourth-order valence-corrected chi connectivity index (χ4v) is 10.4. The first kappa shape index (κ1) is 36.5. The van der Waals surface area contributed by atoms with Crippen LogP contribution in [0.3, 0.4) is 0 Å². The van der Waals surface area contributed by atoms with Crippen LogP contribution in [0, 0.1) is 0 Å². The Morgan fingerprint density at radius 1 is 0.426 bits per heavy atom. The Morgan fingerprint density at radius 3 is 1.09 bits per heavy atom. The van der Waals surface area contributed by atoms with E-state index >= 15 is 0 Å². The van der Waals surface area contributed by atoms with Gasteiger partial charge in [-0.2, -0.15) is 0 Å². The molecule has 0 aliphatic carbocycles. The minimum absolute atomic E-state index is 0.474. The molecule has 4 nitrogen and oxygen atoms in total. The molecule has 47 heavy (non-hydrogen) atoms. The van der Waals surface area contributed by atoms with Crippen LogP contribution in [0.2, 0.25) is 0 Å². The summed E-state index contributed by atoms with van der Waals surface area (Å²) in [6.07, 6.45) is 34.8. The molecule has 0 aliphatic heterocycles. The zero-order valence-corrected chi connectivity index (χ0v) is 32.1. The van der Waals surface area contributed by atoms with Crippen molar-refractivity contribution >= 4 is 60.2 Å². The molecule has 0 aliphatic rings. The fraction of sp³-hybridized carbons (Fsp3) is 0.667. The Bertz CT molecular complexity index is 1480. The van der Waals surface area contributed by atoms with Crippen LogP contribution in [-0.4, -0.2) is 30.4 Å². The SMILES string of the molecule is CCCCCCCCCCCCCCc1nc2cc3c(cc2o1)[te]c1cc2oc(CCCCCCCCCCCCCC)nc2cc13. The number of unbranched alkanes of at least 4 members (excludes halogenated alkanes) is 22. The number of nitrogens with zero attached hydrogens (tertiary/aromatic N) is 2. The number of oxazole rings is 2. The van der Waals surface area contributed by atoms with Crippen LogP contribution in [0.1, 0.15) is 180 Å². The third-order valence-corrected chi connectivity index (χ3v) is 13.2. The van der Waals surface area contributed by atoms with Crippen LogP contribution in [-0.2, 0) is 12.8 Å². The Morgan fingerprint density at radius 2 is 0.745 bits per heavy atom. The standard InChI is InChI=1S/C42H62N2O2Te/c1-3-5-7-9-11-13-15-17-19-21-23-25-27-41-43-35-29-33-34-30-36-38(32-40(34)47-39(33)31-37(35)45-41)46-42(44-36)28-26-24-22-20-18-16-14-12-10-8-6-4-2/h29-32H,3-28H2,1-2H3. The monoisotopic (exact) mass is 756 g/mol. The number of fused-ring (bicyclic) bond motifs is 5. The minimum atomic E-state index is -0.474. The summed E-state index contributed by atoms with van der Waals surface area (Å²) in [5.41, 5.74) is 3.93. The van der Waals surface area contributed by atoms with Crippen molar-refractivity contribution in [1.29, 1.82) is 0 Å². The van der Waals surface area contributed by atoms with Crippen molar-refractivity contribution in [3.8, 4) is 0 Å². The van der Waals surface area contributed by atoms with E-state index in [9.17, 15) is 0 Å². The summed E-state index contributed by atoms with van der Waals surface area (Å²) in [6.45, 7) is 4.58. The first-order valence-electron chi connectivity index (χ1n) is 19.8. The zero-order chi connectivity index (χ0) is 32.5. The van der Waals surface area contributed by atoms with Crippen LogP contribution < -0.4 is 0 Å². The second-order valence-electron chi connectivity index (χ2n) is 14.2. The Hall–Kier alpha value is -1.83. The van der Waals surface area contributed by atoms with Gasteiger partial charge in [0.1, 0.15) is 0 Å². The van der Waals surface area contributed by atoms with Crippen molar-refractivity contribution in [3.63, 3.8) is 0 Å². The molecule has 0 atom stereocenters. The molecule has 0 radical (unpaired) electrons. The van der Waals surface area contributed by atoms with E-state index < -0.39 is 20.4 Å². The molecule has 0 saturated heterocycles. The molecule has 0 fully saturated rings. The van der Waals surface area contributed by atoms with Gasteiger partial charge in [-0.15, -0.1) is 0 Å². The molecule has 2 aromatic carbocycles.